The van der Waals surface area contributed by atoms with E-state index in [1.165, 1.54) is 16.2 Å². The van der Waals surface area contributed by atoms with E-state index in [1.54, 1.807) is 18.2 Å². The number of amides is 1. The van der Waals surface area contributed by atoms with Crippen molar-refractivity contribution in [3.63, 3.8) is 0 Å². The number of rotatable bonds is 7. The summed E-state index contributed by atoms with van der Waals surface area (Å²) in [6.45, 7) is 0.986. The Kier molecular flexibility index (Phi) is 6.28. The zero-order valence-corrected chi connectivity index (χ0v) is 17.6. The highest BCUT2D eigenvalue weighted by atomic mass is 32.1. The van der Waals surface area contributed by atoms with Crippen LogP contribution in [0.2, 0.25) is 0 Å². The molecule has 1 fully saturated rings. The molecule has 0 spiro atoms. The fourth-order valence-corrected chi connectivity index (χ4v) is 4.63. The molecule has 3 aromatic rings. The van der Waals surface area contributed by atoms with Crippen molar-refractivity contribution >= 4 is 34.1 Å². The minimum Gasteiger partial charge on any atom is -0.478 e. The van der Waals surface area contributed by atoms with Gasteiger partial charge in [-0.3, -0.25) is 9.69 Å². The SMILES string of the molecule is O=C(O)c1c(CN2CCN(C[C@@H](O)CO)C(=O)C2)c(-c2cccs2)nc2ccccc12. The summed E-state index contributed by atoms with van der Waals surface area (Å²) in [5.41, 5.74) is 2.03. The van der Waals surface area contributed by atoms with Gasteiger partial charge < -0.3 is 20.2 Å². The van der Waals surface area contributed by atoms with Crippen LogP contribution in [0.15, 0.2) is 41.8 Å². The maximum absolute atomic E-state index is 12.6. The zero-order chi connectivity index (χ0) is 22.0. The van der Waals surface area contributed by atoms with E-state index in [2.05, 4.69) is 0 Å². The molecule has 3 heterocycles. The Bertz CT molecular complexity index is 1100. The third-order valence-corrected chi connectivity index (χ3v) is 6.26. The Morgan fingerprint density at radius 3 is 2.68 bits per heavy atom. The molecule has 1 atom stereocenters. The lowest BCUT2D eigenvalue weighted by Gasteiger charge is -2.35. The van der Waals surface area contributed by atoms with Crippen LogP contribution in [0.1, 0.15) is 15.9 Å². The summed E-state index contributed by atoms with van der Waals surface area (Å²) < 4.78 is 0. The predicted octanol–water partition coefficient (Wildman–Crippen LogP) is 1.66. The molecule has 8 nitrogen and oxygen atoms in total. The lowest BCUT2D eigenvalue weighted by Crippen LogP contribution is -2.52. The number of carbonyl (C=O) groups excluding carboxylic acids is 1. The van der Waals surface area contributed by atoms with Crippen molar-refractivity contribution in [3.8, 4) is 10.6 Å². The molecule has 9 heteroatoms. The Labute approximate surface area is 183 Å². The van der Waals surface area contributed by atoms with E-state index in [9.17, 15) is 19.8 Å². The van der Waals surface area contributed by atoms with Gasteiger partial charge in [0, 0.05) is 37.1 Å². The quantitative estimate of drug-likeness (QED) is 0.511. The summed E-state index contributed by atoms with van der Waals surface area (Å²) in [6.07, 6.45) is -0.968. The van der Waals surface area contributed by atoms with Crippen molar-refractivity contribution in [2.45, 2.75) is 12.6 Å². The van der Waals surface area contributed by atoms with Gasteiger partial charge in [0.05, 0.1) is 40.9 Å². The van der Waals surface area contributed by atoms with Gasteiger partial charge in [0.2, 0.25) is 5.91 Å². The second kappa shape index (κ2) is 9.11. The first kappa shape index (κ1) is 21.4. The Hall–Kier alpha value is -2.85. The molecule has 1 aliphatic heterocycles. The van der Waals surface area contributed by atoms with Crippen LogP contribution in [-0.2, 0) is 11.3 Å². The number of pyridine rings is 1. The lowest BCUT2D eigenvalue weighted by molar-refractivity contribution is -0.138. The van der Waals surface area contributed by atoms with E-state index in [4.69, 9.17) is 10.1 Å². The Morgan fingerprint density at radius 1 is 1.19 bits per heavy atom. The number of piperazine rings is 1. The highest BCUT2D eigenvalue weighted by molar-refractivity contribution is 7.13. The van der Waals surface area contributed by atoms with Gasteiger partial charge in [-0.15, -0.1) is 11.3 Å². The molecule has 0 aliphatic carbocycles. The molecular weight excluding hydrogens is 418 g/mol. The fraction of sp³-hybridized carbons (Fsp3) is 0.318. The molecule has 0 saturated carbocycles. The molecule has 2 aromatic heterocycles. The summed E-state index contributed by atoms with van der Waals surface area (Å²) in [4.78, 5) is 33.9. The molecule has 1 amide bonds. The standard InChI is InChI=1S/C22H23N3O5S/c26-13-14(27)10-25-8-7-24(12-19(25)28)11-16-20(22(29)30)15-4-1-2-5-17(15)23-21(16)18-6-3-9-31-18/h1-6,9,14,26-27H,7-8,10-13H2,(H,29,30)/t14-/m1/s1. The molecule has 162 valence electrons. The normalized spacial score (nSPS) is 16.1. The smallest absolute Gasteiger partial charge is 0.336 e. The first-order valence-electron chi connectivity index (χ1n) is 9.95. The van der Waals surface area contributed by atoms with E-state index in [0.717, 1.165) is 4.88 Å². The average molecular weight is 442 g/mol. The van der Waals surface area contributed by atoms with Crippen LogP contribution in [0, 0.1) is 0 Å². The number of carboxylic acids is 1. The van der Waals surface area contributed by atoms with Crippen LogP contribution < -0.4 is 0 Å². The van der Waals surface area contributed by atoms with E-state index >= 15 is 0 Å². The van der Waals surface area contributed by atoms with Gasteiger partial charge in [-0.05, 0) is 17.5 Å². The van der Waals surface area contributed by atoms with Crippen molar-refractivity contribution in [1.29, 1.82) is 0 Å². The summed E-state index contributed by atoms with van der Waals surface area (Å²) in [7, 11) is 0. The fourth-order valence-electron chi connectivity index (χ4n) is 3.89. The molecule has 0 bridgehead atoms. The van der Waals surface area contributed by atoms with Crippen LogP contribution in [-0.4, -0.2) is 80.9 Å². The minimum absolute atomic E-state index is 0.0848. The van der Waals surface area contributed by atoms with Gasteiger partial charge in [0.1, 0.15) is 0 Å². The number of hydrogen-bond donors (Lipinski definition) is 3. The number of thiophene rings is 1. The van der Waals surface area contributed by atoms with Crippen LogP contribution in [0.4, 0.5) is 0 Å². The first-order chi connectivity index (χ1) is 15.0. The maximum Gasteiger partial charge on any atom is 0.336 e. The summed E-state index contributed by atoms with van der Waals surface area (Å²) in [6, 6.07) is 11.0. The number of fused-ring (bicyclic) bond motifs is 1. The van der Waals surface area contributed by atoms with E-state index in [-0.39, 0.29) is 31.1 Å². The third kappa shape index (κ3) is 4.45. The van der Waals surface area contributed by atoms with Crippen molar-refractivity contribution in [2.75, 3.05) is 32.8 Å². The number of aliphatic hydroxyl groups is 2. The molecular formula is C22H23N3O5S. The van der Waals surface area contributed by atoms with Gasteiger partial charge in [-0.25, -0.2) is 9.78 Å². The van der Waals surface area contributed by atoms with E-state index < -0.39 is 18.7 Å². The molecule has 1 aliphatic rings. The van der Waals surface area contributed by atoms with Crippen molar-refractivity contribution in [3.05, 3.63) is 52.9 Å². The number of β-amino-alcohol motifs (C(OH)–C–C–N with tert-alkyl or cyclic N) is 1. The number of carboxylic acid groups (broad SMARTS) is 1. The predicted molar refractivity (Wildman–Crippen MR) is 117 cm³/mol. The number of aromatic nitrogens is 1. The minimum atomic E-state index is -1.03. The van der Waals surface area contributed by atoms with Gasteiger partial charge in [-0.1, -0.05) is 24.3 Å². The maximum atomic E-state index is 12.6. The summed E-state index contributed by atoms with van der Waals surface area (Å²) in [5, 5.41) is 31.2. The van der Waals surface area contributed by atoms with Crippen LogP contribution in [0.3, 0.4) is 0 Å². The van der Waals surface area contributed by atoms with Gasteiger partial charge in [0.25, 0.3) is 0 Å². The second-order valence-corrected chi connectivity index (χ2v) is 8.45. The topological polar surface area (TPSA) is 114 Å². The third-order valence-electron chi connectivity index (χ3n) is 5.38. The van der Waals surface area contributed by atoms with Crippen molar-refractivity contribution < 1.29 is 24.9 Å². The number of benzene rings is 1. The van der Waals surface area contributed by atoms with Crippen molar-refractivity contribution in [1.82, 2.24) is 14.8 Å². The number of para-hydroxylation sites is 1. The molecule has 1 saturated heterocycles. The van der Waals surface area contributed by atoms with Crippen molar-refractivity contribution in [2.24, 2.45) is 0 Å². The molecule has 4 rings (SSSR count). The van der Waals surface area contributed by atoms with E-state index in [0.29, 0.717) is 35.2 Å². The first-order valence-corrected chi connectivity index (χ1v) is 10.8. The zero-order valence-electron chi connectivity index (χ0n) is 16.8. The number of hydrogen-bond acceptors (Lipinski definition) is 7. The second-order valence-electron chi connectivity index (χ2n) is 7.50. The molecule has 0 unspecified atom stereocenters. The Balaban J connectivity index is 1.70. The Morgan fingerprint density at radius 2 is 2.00 bits per heavy atom. The molecule has 3 N–H and O–H groups in total. The highest BCUT2D eigenvalue weighted by Crippen LogP contribution is 2.33. The van der Waals surface area contributed by atoms with Gasteiger partial charge in [-0.2, -0.15) is 0 Å². The molecule has 31 heavy (non-hydrogen) atoms. The number of nitrogens with zero attached hydrogens (tertiary/aromatic N) is 3. The van der Waals surface area contributed by atoms with Gasteiger partial charge >= 0.3 is 5.97 Å². The molecule has 0 radical (unpaired) electrons. The largest absolute Gasteiger partial charge is 0.478 e. The number of carbonyl (C=O) groups is 2. The lowest BCUT2D eigenvalue weighted by atomic mass is 9.98. The summed E-state index contributed by atoms with van der Waals surface area (Å²) in [5.74, 6) is -1.19. The highest BCUT2D eigenvalue weighted by Gasteiger charge is 2.29. The van der Waals surface area contributed by atoms with Crippen LogP contribution in [0.5, 0.6) is 0 Å². The van der Waals surface area contributed by atoms with Gasteiger partial charge in [0.15, 0.2) is 0 Å². The van der Waals surface area contributed by atoms with Crippen LogP contribution in [0.25, 0.3) is 21.5 Å². The monoisotopic (exact) mass is 441 g/mol. The number of aliphatic hydroxyl groups excluding tert-OH is 2. The average Bonchev–Trinajstić information content (AvgIpc) is 3.29. The molecule has 1 aromatic carbocycles. The van der Waals surface area contributed by atoms with E-state index in [1.807, 2.05) is 28.5 Å². The van der Waals surface area contributed by atoms with Crippen LogP contribution >= 0.6 is 11.3 Å². The number of aromatic carboxylic acids is 1. The summed E-state index contributed by atoms with van der Waals surface area (Å²) >= 11 is 1.49.